The average Bonchev–Trinajstić information content (AvgIpc) is 2.68. The molecule has 2 aromatic rings. The van der Waals surface area contributed by atoms with Crippen LogP contribution >= 0.6 is 34.8 Å². The van der Waals surface area contributed by atoms with E-state index in [0.717, 1.165) is 18.2 Å². The molecule has 0 spiro atoms. The van der Waals surface area contributed by atoms with E-state index in [1.165, 1.54) is 38.1 Å². The van der Waals surface area contributed by atoms with Crippen molar-refractivity contribution in [2.24, 2.45) is 0 Å². The molecule has 0 aliphatic rings. The van der Waals surface area contributed by atoms with Gasteiger partial charge in [0.05, 0.1) is 26.7 Å². The van der Waals surface area contributed by atoms with Gasteiger partial charge < -0.3 is 5.32 Å². The number of halogens is 9. The second kappa shape index (κ2) is 11.8. The van der Waals surface area contributed by atoms with Gasteiger partial charge in [0.25, 0.3) is 5.91 Å². The lowest BCUT2D eigenvalue weighted by atomic mass is 9.96. The summed E-state index contributed by atoms with van der Waals surface area (Å²) in [4.78, 5) is 12.5. The van der Waals surface area contributed by atoms with Gasteiger partial charge in [-0.1, -0.05) is 59.1 Å². The molecular weight excluding hydrogens is 591 g/mol. The van der Waals surface area contributed by atoms with Gasteiger partial charge in [0.15, 0.2) is 9.84 Å². The highest BCUT2D eigenvalue weighted by molar-refractivity contribution is 7.91. The zero-order valence-electron chi connectivity index (χ0n) is 19.1. The monoisotopic (exact) mass is 609 g/mol. The fraction of sp³-hybridized carbons (Fsp3) is 0.348. The number of alkyl halides is 6. The first-order chi connectivity index (χ1) is 16.8. The molecule has 0 heterocycles. The second-order valence-electron chi connectivity index (χ2n) is 8.30. The smallest absolute Gasteiger partial charge is 0.349 e. The molecule has 2 aromatic carbocycles. The molecule has 204 valence electrons. The van der Waals surface area contributed by atoms with Crippen molar-refractivity contribution in [3.63, 3.8) is 0 Å². The van der Waals surface area contributed by atoms with E-state index in [-0.39, 0.29) is 26.2 Å². The quantitative estimate of drug-likeness (QED) is 0.250. The topological polar surface area (TPSA) is 63.2 Å². The van der Waals surface area contributed by atoms with Crippen molar-refractivity contribution in [1.29, 1.82) is 0 Å². The molecule has 0 fully saturated rings. The van der Waals surface area contributed by atoms with E-state index in [2.05, 4.69) is 5.32 Å². The summed E-state index contributed by atoms with van der Waals surface area (Å²) >= 11 is 17.6. The molecule has 37 heavy (non-hydrogen) atoms. The molecule has 0 aliphatic heterocycles. The maximum absolute atomic E-state index is 13.7. The van der Waals surface area contributed by atoms with E-state index in [1.807, 2.05) is 0 Å². The predicted octanol–water partition coefficient (Wildman–Crippen LogP) is 7.41. The van der Waals surface area contributed by atoms with E-state index in [1.54, 1.807) is 0 Å². The van der Waals surface area contributed by atoms with Gasteiger partial charge >= 0.3 is 12.4 Å². The van der Waals surface area contributed by atoms with Gasteiger partial charge in [0.1, 0.15) is 5.75 Å². The predicted molar refractivity (Wildman–Crippen MR) is 132 cm³/mol. The molecule has 0 saturated carbocycles. The second-order valence-corrected chi connectivity index (χ2v) is 11.6. The number of allylic oxidation sites excluding steroid dienone is 1. The first kappa shape index (κ1) is 31.3. The maximum atomic E-state index is 13.7. The summed E-state index contributed by atoms with van der Waals surface area (Å²) in [7, 11) is -4.51. The lowest BCUT2D eigenvalue weighted by Crippen LogP contribution is -2.39. The molecule has 0 aliphatic carbocycles. The number of sulfone groups is 1. The normalized spacial score (nSPS) is 14.6. The Labute approximate surface area is 224 Å². The van der Waals surface area contributed by atoms with Crippen LogP contribution in [0.1, 0.15) is 39.9 Å². The highest BCUT2D eigenvalue weighted by Gasteiger charge is 2.39. The number of aryl methyl sites for hydroxylation is 1. The number of hydrogen-bond acceptors (Lipinski definition) is 3. The number of hydrogen-bond donors (Lipinski definition) is 1. The van der Waals surface area contributed by atoms with Crippen LogP contribution < -0.4 is 5.32 Å². The molecule has 0 bridgehead atoms. The Balaban J connectivity index is 2.21. The van der Waals surface area contributed by atoms with E-state index in [9.17, 15) is 39.6 Å². The summed E-state index contributed by atoms with van der Waals surface area (Å²) in [6.45, 7) is 2.74. The molecule has 1 N–H and O–H groups in total. The van der Waals surface area contributed by atoms with Crippen molar-refractivity contribution < 1.29 is 39.6 Å². The van der Waals surface area contributed by atoms with E-state index >= 15 is 0 Å². The first-order valence-electron chi connectivity index (χ1n) is 10.4. The third kappa shape index (κ3) is 9.38. The van der Waals surface area contributed by atoms with E-state index in [4.69, 9.17) is 34.8 Å². The Hall–Kier alpha value is -1.95. The van der Waals surface area contributed by atoms with Crippen LogP contribution in [0.25, 0.3) is 6.08 Å². The fourth-order valence-electron chi connectivity index (χ4n) is 3.45. The molecule has 0 aromatic heterocycles. The number of rotatable bonds is 8. The largest absolute Gasteiger partial charge is 0.402 e. The summed E-state index contributed by atoms with van der Waals surface area (Å²) in [5, 5.41) is 1.96. The van der Waals surface area contributed by atoms with Crippen LogP contribution in [-0.4, -0.2) is 44.2 Å². The number of amides is 1. The number of carbonyl (C=O) groups excluding carboxylic acids is 1. The molecule has 1 amide bonds. The Bertz CT molecular complexity index is 1270. The Morgan fingerprint density at radius 1 is 1.03 bits per heavy atom. The third-order valence-corrected chi connectivity index (χ3v) is 7.93. The van der Waals surface area contributed by atoms with E-state index in [0.29, 0.717) is 11.1 Å². The lowest BCUT2D eigenvalue weighted by Gasteiger charge is -2.18. The van der Waals surface area contributed by atoms with Gasteiger partial charge in [0, 0.05) is 11.6 Å². The van der Waals surface area contributed by atoms with Crippen molar-refractivity contribution in [3.8, 4) is 0 Å². The minimum atomic E-state index is -4.90. The molecule has 4 nitrogen and oxygen atoms in total. The molecule has 0 radical (unpaired) electrons. The van der Waals surface area contributed by atoms with Gasteiger partial charge in [-0.05, 0) is 48.7 Å². The van der Waals surface area contributed by atoms with Crippen LogP contribution in [0.5, 0.6) is 0 Å². The van der Waals surface area contributed by atoms with Crippen molar-refractivity contribution in [2.45, 2.75) is 38.2 Å². The molecule has 1 unspecified atom stereocenters. The van der Waals surface area contributed by atoms with Crippen LogP contribution in [0, 0.1) is 6.92 Å². The minimum Gasteiger partial charge on any atom is -0.349 e. The molecular formula is C23H20Cl3F6NO3S. The van der Waals surface area contributed by atoms with Crippen LogP contribution in [0.2, 0.25) is 15.1 Å². The third-order valence-electron chi connectivity index (χ3n) is 4.96. The van der Waals surface area contributed by atoms with Gasteiger partial charge in [-0.2, -0.15) is 26.3 Å². The summed E-state index contributed by atoms with van der Waals surface area (Å²) in [6.07, 6.45) is -7.51. The SMILES string of the molecule is Cc1cc(/C=C/C(c2cc(Cl)c(Cl)c(Cl)c2)C(F)(F)F)ccc1C(=O)N[C@H](C)CS(=O)(=O)CC(F)(F)F. The summed E-state index contributed by atoms with van der Waals surface area (Å²) in [6, 6.07) is 5.09. The molecule has 14 heteroatoms. The highest BCUT2D eigenvalue weighted by Crippen LogP contribution is 2.41. The van der Waals surface area contributed by atoms with Crippen molar-refractivity contribution >= 4 is 56.6 Å². The van der Waals surface area contributed by atoms with Crippen LogP contribution in [0.3, 0.4) is 0 Å². The zero-order valence-corrected chi connectivity index (χ0v) is 22.2. The summed E-state index contributed by atoms with van der Waals surface area (Å²) in [5.41, 5.74) is 0.493. The lowest BCUT2D eigenvalue weighted by molar-refractivity contribution is -0.139. The fourth-order valence-corrected chi connectivity index (χ4v) is 5.52. The van der Waals surface area contributed by atoms with Gasteiger partial charge in [-0.25, -0.2) is 8.42 Å². The molecule has 0 saturated heterocycles. The van der Waals surface area contributed by atoms with Crippen LogP contribution in [0.4, 0.5) is 26.3 Å². The van der Waals surface area contributed by atoms with Gasteiger partial charge in [-0.3, -0.25) is 4.79 Å². The minimum absolute atomic E-state index is 0.0702. The zero-order chi connectivity index (χ0) is 28.3. The summed E-state index contributed by atoms with van der Waals surface area (Å²) in [5.74, 6) is -5.74. The van der Waals surface area contributed by atoms with Gasteiger partial charge in [-0.15, -0.1) is 0 Å². The van der Waals surface area contributed by atoms with Crippen molar-refractivity contribution in [2.75, 3.05) is 11.5 Å². The maximum Gasteiger partial charge on any atom is 0.402 e. The van der Waals surface area contributed by atoms with Gasteiger partial charge in [0.2, 0.25) is 0 Å². The van der Waals surface area contributed by atoms with Crippen LogP contribution in [-0.2, 0) is 9.84 Å². The first-order valence-corrected chi connectivity index (χ1v) is 13.3. The number of nitrogens with one attached hydrogen (secondary N) is 1. The van der Waals surface area contributed by atoms with Crippen molar-refractivity contribution in [1.82, 2.24) is 5.32 Å². The average molecular weight is 611 g/mol. The standard InChI is InChI=1S/C23H20Cl3F6NO3S/c1-12-7-14(4-6-17(23(30,31)32)15-8-18(24)20(26)19(25)9-15)3-5-16(12)21(34)33-13(2)10-37(35,36)11-22(27,28)29/h3-9,13,17H,10-11H2,1-2H3,(H,33,34)/b6-4+/t13-,17?/m1/s1. The van der Waals surface area contributed by atoms with Crippen LogP contribution in [0.15, 0.2) is 36.4 Å². The molecule has 2 atom stereocenters. The Kier molecular flexibility index (Phi) is 10.0. The Morgan fingerprint density at radius 3 is 2.08 bits per heavy atom. The number of carbonyl (C=O) groups is 1. The van der Waals surface area contributed by atoms with Crippen molar-refractivity contribution in [3.05, 3.63) is 73.7 Å². The Morgan fingerprint density at radius 2 is 1.59 bits per heavy atom. The highest BCUT2D eigenvalue weighted by atomic mass is 35.5. The molecule has 2 rings (SSSR count). The van der Waals surface area contributed by atoms with E-state index < -0.39 is 51.6 Å². The number of benzene rings is 2. The summed E-state index contributed by atoms with van der Waals surface area (Å²) < 4.78 is 102.